The molecule has 1 fully saturated rings. The van der Waals surface area contributed by atoms with Gasteiger partial charge in [-0.1, -0.05) is 19.1 Å². The van der Waals surface area contributed by atoms with Crippen LogP contribution >= 0.6 is 0 Å². The molecule has 0 bridgehead atoms. The summed E-state index contributed by atoms with van der Waals surface area (Å²) < 4.78 is 8.04. The van der Waals surface area contributed by atoms with Gasteiger partial charge in [-0.15, -0.1) is 0 Å². The summed E-state index contributed by atoms with van der Waals surface area (Å²) in [5, 5.41) is 1.02. The van der Waals surface area contributed by atoms with Crippen LogP contribution in [0.5, 0.6) is 0 Å². The topological polar surface area (TPSA) is 34.5 Å². The van der Waals surface area contributed by atoms with E-state index in [9.17, 15) is 4.79 Å². The van der Waals surface area contributed by atoms with Crippen LogP contribution in [0.15, 0.2) is 30.5 Å². The molecule has 1 unspecified atom stereocenters. The molecule has 1 atom stereocenters. The van der Waals surface area contributed by atoms with Crippen molar-refractivity contribution in [2.45, 2.75) is 19.6 Å². The first-order valence-corrected chi connectivity index (χ1v) is 7.19. The number of benzene rings is 1. The summed E-state index contributed by atoms with van der Waals surface area (Å²) in [7, 11) is 0. The van der Waals surface area contributed by atoms with E-state index >= 15 is 0 Å². The summed E-state index contributed by atoms with van der Waals surface area (Å²) in [6.45, 7) is 6.89. The fraction of sp³-hybridized carbons (Fsp3) is 0.438. The van der Waals surface area contributed by atoms with Gasteiger partial charge in [-0.05, 0) is 18.7 Å². The zero-order valence-electron chi connectivity index (χ0n) is 11.8. The second-order valence-corrected chi connectivity index (χ2v) is 5.25. The van der Waals surface area contributed by atoms with E-state index in [1.807, 2.05) is 24.4 Å². The van der Waals surface area contributed by atoms with Crippen LogP contribution in [0.25, 0.3) is 10.9 Å². The lowest BCUT2D eigenvalue weighted by atomic mass is 10.1. The lowest BCUT2D eigenvalue weighted by Gasteiger charge is -2.32. The highest BCUT2D eigenvalue weighted by molar-refractivity contribution is 5.97. The lowest BCUT2D eigenvalue weighted by Crippen LogP contribution is -2.43. The van der Waals surface area contributed by atoms with Crippen LogP contribution in [-0.4, -0.2) is 48.1 Å². The third kappa shape index (κ3) is 2.49. The maximum absolute atomic E-state index is 11.1. The summed E-state index contributed by atoms with van der Waals surface area (Å²) in [5.41, 5.74) is 1.85. The van der Waals surface area contributed by atoms with Crippen LogP contribution in [-0.2, 0) is 11.3 Å². The van der Waals surface area contributed by atoms with Crippen molar-refractivity contribution in [3.8, 4) is 0 Å². The number of ether oxygens (including phenoxy) is 1. The Kier molecular flexibility index (Phi) is 3.85. The molecule has 1 aromatic carbocycles. The molecular formula is C16H20N2O2. The van der Waals surface area contributed by atoms with Gasteiger partial charge in [0, 0.05) is 35.8 Å². The van der Waals surface area contributed by atoms with E-state index < -0.39 is 0 Å². The predicted molar refractivity (Wildman–Crippen MR) is 79.2 cm³/mol. The van der Waals surface area contributed by atoms with Gasteiger partial charge in [0.1, 0.15) is 0 Å². The SMILES string of the molecule is CCN1CCOC(Cn2ccc3c(C=O)cccc32)C1. The molecular weight excluding hydrogens is 252 g/mol. The van der Waals surface area contributed by atoms with Crippen LogP contribution in [0.1, 0.15) is 17.3 Å². The van der Waals surface area contributed by atoms with Crippen LogP contribution in [0, 0.1) is 0 Å². The summed E-state index contributed by atoms with van der Waals surface area (Å²) in [5.74, 6) is 0. The zero-order valence-corrected chi connectivity index (χ0v) is 11.8. The third-order valence-corrected chi connectivity index (χ3v) is 4.04. The van der Waals surface area contributed by atoms with Crippen LogP contribution in [0.2, 0.25) is 0 Å². The van der Waals surface area contributed by atoms with Gasteiger partial charge in [-0.2, -0.15) is 0 Å². The molecule has 20 heavy (non-hydrogen) atoms. The Morgan fingerprint density at radius 2 is 2.30 bits per heavy atom. The molecule has 0 aliphatic carbocycles. The minimum Gasteiger partial charge on any atom is -0.374 e. The van der Waals surface area contributed by atoms with Gasteiger partial charge in [0.25, 0.3) is 0 Å². The van der Waals surface area contributed by atoms with Crippen molar-refractivity contribution in [3.63, 3.8) is 0 Å². The van der Waals surface area contributed by atoms with Crippen molar-refractivity contribution in [2.24, 2.45) is 0 Å². The average molecular weight is 272 g/mol. The van der Waals surface area contributed by atoms with E-state index in [0.717, 1.165) is 55.5 Å². The number of carbonyl (C=O) groups excluding carboxylic acids is 1. The minimum absolute atomic E-state index is 0.221. The van der Waals surface area contributed by atoms with Gasteiger partial charge in [0.15, 0.2) is 6.29 Å². The maximum Gasteiger partial charge on any atom is 0.150 e. The minimum atomic E-state index is 0.221. The maximum atomic E-state index is 11.1. The molecule has 1 aliphatic rings. The van der Waals surface area contributed by atoms with Crippen molar-refractivity contribution < 1.29 is 9.53 Å². The quantitative estimate of drug-likeness (QED) is 0.800. The summed E-state index contributed by atoms with van der Waals surface area (Å²) in [6.07, 6.45) is 3.19. The molecule has 4 nitrogen and oxygen atoms in total. The highest BCUT2D eigenvalue weighted by atomic mass is 16.5. The number of aldehydes is 1. The van der Waals surface area contributed by atoms with Gasteiger partial charge in [0.05, 0.1) is 19.3 Å². The molecule has 0 spiro atoms. The number of nitrogens with zero attached hydrogens (tertiary/aromatic N) is 2. The standard InChI is InChI=1S/C16H20N2O2/c1-2-17-8-9-20-14(10-17)11-18-7-6-15-13(12-19)4-3-5-16(15)18/h3-7,12,14H,2,8-11H2,1H3. The molecule has 4 heteroatoms. The Hall–Kier alpha value is -1.65. The van der Waals surface area contributed by atoms with E-state index in [-0.39, 0.29) is 6.10 Å². The van der Waals surface area contributed by atoms with E-state index in [1.54, 1.807) is 0 Å². The van der Waals surface area contributed by atoms with Crippen molar-refractivity contribution in [2.75, 3.05) is 26.2 Å². The molecule has 1 aromatic heterocycles. The fourth-order valence-electron chi connectivity index (χ4n) is 2.91. The Balaban J connectivity index is 1.82. The van der Waals surface area contributed by atoms with Gasteiger partial charge in [-0.3, -0.25) is 9.69 Å². The summed E-state index contributed by atoms with van der Waals surface area (Å²) in [4.78, 5) is 13.5. The van der Waals surface area contributed by atoms with Gasteiger partial charge in [0.2, 0.25) is 0 Å². The lowest BCUT2D eigenvalue weighted by molar-refractivity contribution is -0.0337. The van der Waals surface area contributed by atoms with E-state index in [2.05, 4.69) is 22.5 Å². The van der Waals surface area contributed by atoms with Gasteiger partial charge >= 0.3 is 0 Å². The normalized spacial score (nSPS) is 20.4. The number of hydrogen-bond acceptors (Lipinski definition) is 3. The first kappa shape index (κ1) is 13.3. The van der Waals surface area contributed by atoms with Crippen LogP contribution < -0.4 is 0 Å². The second-order valence-electron chi connectivity index (χ2n) is 5.25. The van der Waals surface area contributed by atoms with Crippen LogP contribution in [0.4, 0.5) is 0 Å². The number of rotatable bonds is 4. The second kappa shape index (κ2) is 5.77. The molecule has 106 valence electrons. The Morgan fingerprint density at radius 3 is 3.10 bits per heavy atom. The largest absolute Gasteiger partial charge is 0.374 e. The predicted octanol–water partition coefficient (Wildman–Crippen LogP) is 2.17. The van der Waals surface area contributed by atoms with Crippen molar-refractivity contribution >= 4 is 17.2 Å². The van der Waals surface area contributed by atoms with E-state index in [4.69, 9.17) is 4.74 Å². The Labute approximate surface area is 118 Å². The molecule has 0 amide bonds. The van der Waals surface area contributed by atoms with E-state index in [1.165, 1.54) is 0 Å². The first-order chi connectivity index (χ1) is 9.81. The molecule has 1 aliphatic heterocycles. The molecule has 1 saturated heterocycles. The molecule has 0 radical (unpaired) electrons. The van der Waals surface area contributed by atoms with E-state index in [0.29, 0.717) is 0 Å². The number of carbonyl (C=O) groups is 1. The summed E-state index contributed by atoms with van der Waals surface area (Å²) in [6, 6.07) is 7.86. The van der Waals surface area contributed by atoms with Crippen molar-refractivity contribution in [3.05, 3.63) is 36.0 Å². The first-order valence-electron chi connectivity index (χ1n) is 7.19. The highest BCUT2D eigenvalue weighted by Gasteiger charge is 2.20. The fourth-order valence-corrected chi connectivity index (χ4v) is 2.91. The van der Waals surface area contributed by atoms with Gasteiger partial charge < -0.3 is 9.30 Å². The number of morpholine rings is 1. The van der Waals surface area contributed by atoms with Crippen molar-refractivity contribution in [1.29, 1.82) is 0 Å². The Bertz CT molecular complexity index is 606. The number of aromatic nitrogens is 1. The zero-order chi connectivity index (χ0) is 13.9. The monoisotopic (exact) mass is 272 g/mol. The number of fused-ring (bicyclic) bond motifs is 1. The molecule has 3 rings (SSSR count). The summed E-state index contributed by atoms with van der Waals surface area (Å²) >= 11 is 0. The number of likely N-dealkylation sites (N-methyl/N-ethyl adjacent to an activating group) is 1. The average Bonchev–Trinajstić information content (AvgIpc) is 2.90. The third-order valence-electron chi connectivity index (χ3n) is 4.04. The smallest absolute Gasteiger partial charge is 0.150 e. The number of hydrogen-bond donors (Lipinski definition) is 0. The highest BCUT2D eigenvalue weighted by Crippen LogP contribution is 2.20. The molecule has 2 heterocycles. The molecule has 0 N–H and O–H groups in total. The molecule has 0 saturated carbocycles. The Morgan fingerprint density at radius 1 is 1.40 bits per heavy atom. The molecule has 2 aromatic rings. The van der Waals surface area contributed by atoms with Crippen LogP contribution in [0.3, 0.4) is 0 Å². The van der Waals surface area contributed by atoms with Gasteiger partial charge in [-0.25, -0.2) is 0 Å². The van der Waals surface area contributed by atoms with Crippen molar-refractivity contribution in [1.82, 2.24) is 9.47 Å².